The maximum absolute atomic E-state index is 12.1. The smallest absolute Gasteiger partial charge is 0.253 e. The zero-order chi connectivity index (χ0) is 20.5. The van der Waals surface area contributed by atoms with Crippen LogP contribution in [0.1, 0.15) is 46.9 Å². The second kappa shape index (κ2) is 10.5. The van der Waals surface area contributed by atoms with Gasteiger partial charge in [0.1, 0.15) is 0 Å². The average molecular weight is 381 g/mol. The molecule has 0 aliphatic heterocycles. The molecular weight excluding hydrogens is 348 g/mol. The molecular formula is C23H32N4O. The van der Waals surface area contributed by atoms with E-state index < -0.39 is 0 Å². The molecule has 0 heterocycles. The van der Waals surface area contributed by atoms with Gasteiger partial charge in [0.15, 0.2) is 5.96 Å². The van der Waals surface area contributed by atoms with E-state index in [1.807, 2.05) is 24.3 Å². The second-order valence-corrected chi connectivity index (χ2v) is 7.11. The van der Waals surface area contributed by atoms with Gasteiger partial charge in [-0.25, -0.2) is 0 Å². The van der Waals surface area contributed by atoms with Crippen LogP contribution in [0.5, 0.6) is 0 Å². The number of nitrogens with one attached hydrogen (secondary N) is 2. The summed E-state index contributed by atoms with van der Waals surface area (Å²) in [5.41, 5.74) is 4.41. The predicted molar refractivity (Wildman–Crippen MR) is 117 cm³/mol. The molecule has 5 nitrogen and oxygen atoms in total. The van der Waals surface area contributed by atoms with Crippen molar-refractivity contribution < 1.29 is 4.79 Å². The first-order chi connectivity index (χ1) is 13.4. The van der Waals surface area contributed by atoms with Crippen molar-refractivity contribution in [3.63, 3.8) is 0 Å². The largest absolute Gasteiger partial charge is 0.356 e. The molecule has 0 aliphatic rings. The van der Waals surface area contributed by atoms with Crippen molar-refractivity contribution in [1.29, 1.82) is 0 Å². The minimum atomic E-state index is 0.0233. The summed E-state index contributed by atoms with van der Waals surface area (Å²) in [6, 6.07) is 16.6. The van der Waals surface area contributed by atoms with Crippen LogP contribution < -0.4 is 10.6 Å². The van der Waals surface area contributed by atoms with Crippen LogP contribution in [0.4, 0.5) is 0 Å². The normalized spacial score (nSPS) is 12.4. The molecule has 150 valence electrons. The van der Waals surface area contributed by atoms with E-state index in [1.165, 1.54) is 11.1 Å². The van der Waals surface area contributed by atoms with Gasteiger partial charge in [-0.15, -0.1) is 0 Å². The van der Waals surface area contributed by atoms with Crippen LogP contribution in [0.2, 0.25) is 0 Å². The number of rotatable bonds is 7. The minimum Gasteiger partial charge on any atom is -0.356 e. The first-order valence-corrected chi connectivity index (χ1v) is 9.81. The second-order valence-electron chi connectivity index (χ2n) is 7.11. The highest BCUT2D eigenvalue weighted by Crippen LogP contribution is 2.13. The molecule has 1 amide bonds. The molecule has 2 rings (SSSR count). The lowest BCUT2D eigenvalue weighted by molar-refractivity contribution is 0.0827. The van der Waals surface area contributed by atoms with Crippen molar-refractivity contribution in [3.05, 3.63) is 70.8 Å². The summed E-state index contributed by atoms with van der Waals surface area (Å²) in [5.74, 6) is 0.794. The third-order valence-corrected chi connectivity index (χ3v) is 4.75. The Hall–Kier alpha value is -2.82. The van der Waals surface area contributed by atoms with E-state index in [4.69, 9.17) is 0 Å². The molecule has 0 radical (unpaired) electrons. The van der Waals surface area contributed by atoms with Crippen LogP contribution in [-0.4, -0.2) is 44.5 Å². The van der Waals surface area contributed by atoms with Crippen LogP contribution in [0.15, 0.2) is 53.5 Å². The summed E-state index contributed by atoms with van der Waals surface area (Å²) in [6.07, 6.45) is 1.86. The fourth-order valence-electron chi connectivity index (χ4n) is 2.97. The quantitative estimate of drug-likeness (QED) is 0.572. The Kier molecular flexibility index (Phi) is 8.05. The molecule has 0 bridgehead atoms. The summed E-state index contributed by atoms with van der Waals surface area (Å²) in [7, 11) is 5.31. The molecule has 28 heavy (non-hydrogen) atoms. The first-order valence-electron chi connectivity index (χ1n) is 9.81. The Morgan fingerprint density at radius 3 is 2.43 bits per heavy atom. The maximum atomic E-state index is 12.1. The number of nitrogens with zero attached hydrogens (tertiary/aromatic N) is 2. The summed E-state index contributed by atoms with van der Waals surface area (Å²) < 4.78 is 0. The average Bonchev–Trinajstić information content (AvgIpc) is 2.72. The molecule has 1 unspecified atom stereocenters. The Bertz CT molecular complexity index is 797. The number of carbonyl (C=O) groups is 1. The van der Waals surface area contributed by atoms with Gasteiger partial charge in [-0.05, 0) is 48.6 Å². The first kappa shape index (κ1) is 21.5. The lowest BCUT2D eigenvalue weighted by atomic mass is 10.1. The van der Waals surface area contributed by atoms with Gasteiger partial charge in [-0.3, -0.25) is 9.79 Å². The zero-order valence-corrected chi connectivity index (χ0v) is 17.6. The predicted octanol–water partition coefficient (Wildman–Crippen LogP) is 3.42. The van der Waals surface area contributed by atoms with Crippen LogP contribution >= 0.6 is 0 Å². The molecule has 1 atom stereocenters. The number of benzene rings is 2. The van der Waals surface area contributed by atoms with Crippen molar-refractivity contribution in [2.24, 2.45) is 4.99 Å². The lowest BCUT2D eigenvalue weighted by Gasteiger charge is -2.18. The third kappa shape index (κ3) is 6.12. The number of hydrogen-bond donors (Lipinski definition) is 2. The highest BCUT2D eigenvalue weighted by Gasteiger charge is 2.09. The molecule has 5 heteroatoms. The fraction of sp³-hybridized carbons (Fsp3) is 0.391. The monoisotopic (exact) mass is 380 g/mol. The van der Waals surface area contributed by atoms with Gasteiger partial charge in [-0.2, -0.15) is 0 Å². The van der Waals surface area contributed by atoms with Gasteiger partial charge >= 0.3 is 0 Å². The van der Waals surface area contributed by atoms with Crippen molar-refractivity contribution in [2.45, 2.75) is 32.7 Å². The van der Waals surface area contributed by atoms with E-state index in [0.717, 1.165) is 30.9 Å². The Balaban J connectivity index is 1.88. The van der Waals surface area contributed by atoms with E-state index in [-0.39, 0.29) is 11.9 Å². The molecule has 0 spiro atoms. The van der Waals surface area contributed by atoms with E-state index in [2.05, 4.69) is 53.7 Å². The topological polar surface area (TPSA) is 56.7 Å². The van der Waals surface area contributed by atoms with Crippen molar-refractivity contribution in [3.8, 4) is 0 Å². The van der Waals surface area contributed by atoms with Crippen molar-refractivity contribution in [2.75, 3.05) is 27.7 Å². The van der Waals surface area contributed by atoms with Gasteiger partial charge in [0.05, 0.1) is 6.04 Å². The van der Waals surface area contributed by atoms with Gasteiger partial charge in [0, 0.05) is 33.3 Å². The minimum absolute atomic E-state index is 0.0233. The number of guanidine groups is 1. The van der Waals surface area contributed by atoms with Gasteiger partial charge in [-0.1, -0.05) is 43.3 Å². The summed E-state index contributed by atoms with van der Waals surface area (Å²) in [5, 5.41) is 6.79. The van der Waals surface area contributed by atoms with E-state index in [1.54, 1.807) is 26.0 Å². The van der Waals surface area contributed by atoms with Crippen LogP contribution in [0.25, 0.3) is 0 Å². The maximum Gasteiger partial charge on any atom is 0.253 e. The standard InChI is InChI=1S/C23H32N4O/c1-6-18-10-12-20(13-11-18)17(2)26-23(24-3)25-15-14-19-8-7-9-21(16-19)22(28)27(4)5/h7-13,16-17H,6,14-15H2,1-5H3,(H2,24,25,26). The third-order valence-electron chi connectivity index (χ3n) is 4.75. The summed E-state index contributed by atoms with van der Waals surface area (Å²) in [6.45, 7) is 5.03. The molecule has 0 aliphatic carbocycles. The van der Waals surface area contributed by atoms with Crippen LogP contribution in [0, 0.1) is 0 Å². The molecule has 2 aromatic rings. The number of hydrogen-bond acceptors (Lipinski definition) is 2. The molecule has 0 aromatic heterocycles. The van der Waals surface area contributed by atoms with Crippen molar-refractivity contribution >= 4 is 11.9 Å². The summed E-state index contributed by atoms with van der Waals surface area (Å²) in [4.78, 5) is 18.0. The zero-order valence-electron chi connectivity index (χ0n) is 17.6. The number of aryl methyl sites for hydroxylation is 1. The molecule has 2 aromatic carbocycles. The van der Waals surface area contributed by atoms with Crippen molar-refractivity contribution in [1.82, 2.24) is 15.5 Å². The molecule has 2 N–H and O–H groups in total. The molecule has 0 saturated carbocycles. The number of amides is 1. The van der Waals surface area contributed by atoms with Gasteiger partial charge in [0.2, 0.25) is 0 Å². The Morgan fingerprint density at radius 2 is 1.82 bits per heavy atom. The SMILES string of the molecule is CCc1ccc(C(C)NC(=NC)NCCc2cccc(C(=O)N(C)C)c2)cc1. The molecule has 0 fully saturated rings. The highest BCUT2D eigenvalue weighted by atomic mass is 16.2. The van der Waals surface area contributed by atoms with Crippen LogP contribution in [0.3, 0.4) is 0 Å². The Labute approximate surface area is 168 Å². The van der Waals surface area contributed by atoms with Gasteiger partial charge in [0.25, 0.3) is 5.91 Å². The number of aliphatic imine (C=N–C) groups is 1. The summed E-state index contributed by atoms with van der Waals surface area (Å²) >= 11 is 0. The van der Waals surface area contributed by atoms with Crippen LogP contribution in [-0.2, 0) is 12.8 Å². The van der Waals surface area contributed by atoms with E-state index >= 15 is 0 Å². The van der Waals surface area contributed by atoms with E-state index in [0.29, 0.717) is 5.56 Å². The van der Waals surface area contributed by atoms with Gasteiger partial charge < -0.3 is 15.5 Å². The fourth-order valence-corrected chi connectivity index (χ4v) is 2.97. The Morgan fingerprint density at radius 1 is 1.11 bits per heavy atom. The highest BCUT2D eigenvalue weighted by molar-refractivity contribution is 5.94. The number of carbonyl (C=O) groups excluding carboxylic acids is 1. The molecule has 0 saturated heterocycles. The van der Waals surface area contributed by atoms with E-state index in [9.17, 15) is 4.79 Å². The lowest BCUT2D eigenvalue weighted by Crippen LogP contribution is -2.39.